The molecule has 9 heteroatoms. The summed E-state index contributed by atoms with van der Waals surface area (Å²) in [6, 6.07) is 10.6. The molecule has 1 aromatic carbocycles. The molecule has 4 heterocycles. The maximum atomic E-state index is 13.5. The molecule has 4 amide bonds. The zero-order valence-electron chi connectivity index (χ0n) is 17.4. The fraction of sp³-hybridized carbons (Fsp3) is 0.391. The van der Waals surface area contributed by atoms with Crippen molar-refractivity contribution >= 4 is 35.0 Å². The van der Waals surface area contributed by atoms with Crippen LogP contribution in [0.1, 0.15) is 28.1 Å². The predicted octanol–water partition coefficient (Wildman–Crippen LogP) is 0.789. The first-order valence-corrected chi connectivity index (χ1v) is 11.7. The Hall–Kier alpha value is -3.20. The zero-order valence-corrected chi connectivity index (χ0v) is 18.2. The number of carbonyl (C=O) groups is 4. The molecule has 166 valence electrons. The summed E-state index contributed by atoms with van der Waals surface area (Å²) in [6.07, 6.45) is 1.17. The summed E-state index contributed by atoms with van der Waals surface area (Å²) < 4.78 is 0. The Morgan fingerprint density at radius 2 is 1.94 bits per heavy atom. The standard InChI is InChI=1S/C23H24N4O4S/c28-19(12-16-7-4-10-32-16)26-9-8-17-20(26)23(31)27-13-15(11-18(27)22(30)25-17)24-21(29)14-5-2-1-3-6-14/h1-7,10,15,17-18,20H,8-9,11-13H2,(H,24,29)(H,25,30). The molecule has 0 aliphatic carbocycles. The minimum Gasteiger partial charge on any atom is -0.349 e. The Morgan fingerprint density at radius 3 is 2.69 bits per heavy atom. The van der Waals surface area contributed by atoms with E-state index in [0.717, 1.165) is 4.88 Å². The molecule has 3 saturated heterocycles. The molecule has 0 spiro atoms. The van der Waals surface area contributed by atoms with Gasteiger partial charge in [-0.05, 0) is 36.4 Å². The fourth-order valence-electron chi connectivity index (χ4n) is 4.93. The molecule has 4 unspecified atom stereocenters. The summed E-state index contributed by atoms with van der Waals surface area (Å²) in [4.78, 5) is 56.0. The van der Waals surface area contributed by atoms with E-state index in [1.54, 1.807) is 34.1 Å². The van der Waals surface area contributed by atoms with E-state index in [-0.39, 0.29) is 48.7 Å². The number of thiophene rings is 1. The first kappa shape index (κ1) is 20.7. The summed E-state index contributed by atoms with van der Waals surface area (Å²) in [5.74, 6) is -0.761. The third-order valence-corrected chi connectivity index (χ3v) is 7.34. The number of rotatable bonds is 4. The average Bonchev–Trinajstić information content (AvgIpc) is 3.52. The van der Waals surface area contributed by atoms with Crippen molar-refractivity contribution in [2.75, 3.05) is 13.1 Å². The number of carbonyl (C=O) groups excluding carboxylic acids is 4. The van der Waals surface area contributed by atoms with Crippen molar-refractivity contribution in [3.63, 3.8) is 0 Å². The van der Waals surface area contributed by atoms with E-state index in [1.165, 1.54) is 11.3 Å². The topological polar surface area (TPSA) is 98.8 Å². The maximum absolute atomic E-state index is 13.5. The molecule has 2 N–H and O–H groups in total. The third kappa shape index (κ3) is 3.77. The molecule has 2 aromatic rings. The molecule has 8 nitrogen and oxygen atoms in total. The van der Waals surface area contributed by atoms with Crippen LogP contribution in [0, 0.1) is 0 Å². The zero-order chi connectivity index (χ0) is 22.2. The van der Waals surface area contributed by atoms with Gasteiger partial charge in [0.05, 0.1) is 12.5 Å². The molecule has 1 aromatic heterocycles. The van der Waals surface area contributed by atoms with Gasteiger partial charge in [0.2, 0.25) is 17.7 Å². The predicted molar refractivity (Wildman–Crippen MR) is 118 cm³/mol. The van der Waals surface area contributed by atoms with Crippen molar-refractivity contribution in [2.45, 2.75) is 43.4 Å². The molecule has 32 heavy (non-hydrogen) atoms. The highest BCUT2D eigenvalue weighted by atomic mass is 32.1. The van der Waals surface area contributed by atoms with Crippen LogP contribution in [0.25, 0.3) is 0 Å². The van der Waals surface area contributed by atoms with Crippen LogP contribution < -0.4 is 10.6 Å². The molecule has 0 radical (unpaired) electrons. The van der Waals surface area contributed by atoms with E-state index in [1.807, 2.05) is 23.6 Å². The van der Waals surface area contributed by atoms with E-state index < -0.39 is 12.1 Å². The fourth-order valence-corrected chi connectivity index (χ4v) is 5.63. The lowest BCUT2D eigenvalue weighted by atomic mass is 10.1. The van der Waals surface area contributed by atoms with Crippen molar-refractivity contribution in [2.24, 2.45) is 0 Å². The van der Waals surface area contributed by atoms with E-state index >= 15 is 0 Å². The number of benzene rings is 1. The van der Waals surface area contributed by atoms with Gasteiger partial charge in [-0.2, -0.15) is 0 Å². The molecule has 0 bridgehead atoms. The highest BCUT2D eigenvalue weighted by Gasteiger charge is 2.52. The number of amides is 4. The number of hydrogen-bond acceptors (Lipinski definition) is 5. The van der Waals surface area contributed by atoms with Crippen LogP contribution in [0.2, 0.25) is 0 Å². The Bertz CT molecular complexity index is 1040. The van der Waals surface area contributed by atoms with Gasteiger partial charge in [0.25, 0.3) is 5.91 Å². The van der Waals surface area contributed by atoms with E-state index in [9.17, 15) is 19.2 Å². The molecule has 4 atom stereocenters. The number of nitrogens with zero attached hydrogens (tertiary/aromatic N) is 2. The Kier molecular flexibility index (Phi) is 5.42. The molecule has 3 aliphatic rings. The van der Waals surface area contributed by atoms with Crippen LogP contribution in [0.15, 0.2) is 47.8 Å². The van der Waals surface area contributed by atoms with Crippen molar-refractivity contribution in [1.29, 1.82) is 0 Å². The molecule has 0 saturated carbocycles. The van der Waals surface area contributed by atoms with Crippen molar-refractivity contribution in [1.82, 2.24) is 20.4 Å². The van der Waals surface area contributed by atoms with Gasteiger partial charge < -0.3 is 20.4 Å². The van der Waals surface area contributed by atoms with Crippen LogP contribution in [-0.4, -0.2) is 70.7 Å². The largest absolute Gasteiger partial charge is 0.349 e. The summed E-state index contributed by atoms with van der Waals surface area (Å²) in [5.41, 5.74) is 0.534. The van der Waals surface area contributed by atoms with Gasteiger partial charge in [-0.3, -0.25) is 19.2 Å². The minimum absolute atomic E-state index is 0.103. The average molecular weight is 453 g/mol. The first-order valence-electron chi connectivity index (χ1n) is 10.8. The Morgan fingerprint density at radius 1 is 1.12 bits per heavy atom. The minimum atomic E-state index is -0.694. The number of likely N-dealkylation sites (tertiary alicyclic amines) is 1. The van der Waals surface area contributed by atoms with Gasteiger partial charge in [0.15, 0.2) is 0 Å². The number of nitrogens with one attached hydrogen (secondary N) is 2. The van der Waals surface area contributed by atoms with Crippen LogP contribution in [-0.2, 0) is 20.8 Å². The van der Waals surface area contributed by atoms with Gasteiger partial charge in [0, 0.05) is 29.6 Å². The lowest BCUT2D eigenvalue weighted by Crippen LogP contribution is -2.53. The molecule has 5 rings (SSSR count). The van der Waals surface area contributed by atoms with Crippen molar-refractivity contribution in [3.05, 3.63) is 58.3 Å². The monoisotopic (exact) mass is 452 g/mol. The van der Waals surface area contributed by atoms with Crippen LogP contribution >= 0.6 is 11.3 Å². The van der Waals surface area contributed by atoms with Crippen LogP contribution in [0.4, 0.5) is 0 Å². The van der Waals surface area contributed by atoms with E-state index in [4.69, 9.17) is 0 Å². The normalized spacial score (nSPS) is 26.9. The van der Waals surface area contributed by atoms with Gasteiger partial charge in [-0.1, -0.05) is 24.3 Å². The quantitative estimate of drug-likeness (QED) is 0.717. The third-order valence-electron chi connectivity index (χ3n) is 6.46. The van der Waals surface area contributed by atoms with Crippen LogP contribution in [0.5, 0.6) is 0 Å². The second-order valence-corrected chi connectivity index (χ2v) is 9.50. The molecular formula is C23H24N4O4S. The van der Waals surface area contributed by atoms with Crippen molar-refractivity contribution in [3.8, 4) is 0 Å². The van der Waals surface area contributed by atoms with Gasteiger partial charge >= 0.3 is 0 Å². The lowest BCUT2D eigenvalue weighted by molar-refractivity contribution is -0.144. The summed E-state index contributed by atoms with van der Waals surface area (Å²) in [6.45, 7) is 0.698. The molecule has 3 aliphatic heterocycles. The van der Waals surface area contributed by atoms with Crippen molar-refractivity contribution < 1.29 is 19.2 Å². The van der Waals surface area contributed by atoms with Gasteiger partial charge in [-0.15, -0.1) is 11.3 Å². The SMILES string of the molecule is O=C(NC1CC2C(=O)NC3CCN(C(=O)Cc4cccs4)C3C(=O)N2C1)c1ccccc1. The Labute approximate surface area is 189 Å². The highest BCUT2D eigenvalue weighted by molar-refractivity contribution is 7.10. The first-order chi connectivity index (χ1) is 15.5. The number of hydrogen-bond donors (Lipinski definition) is 2. The van der Waals surface area contributed by atoms with Crippen LogP contribution in [0.3, 0.4) is 0 Å². The second-order valence-electron chi connectivity index (χ2n) is 8.47. The smallest absolute Gasteiger partial charge is 0.251 e. The molecular weight excluding hydrogens is 428 g/mol. The van der Waals surface area contributed by atoms with Gasteiger partial charge in [-0.25, -0.2) is 0 Å². The summed E-state index contributed by atoms with van der Waals surface area (Å²) >= 11 is 1.51. The summed E-state index contributed by atoms with van der Waals surface area (Å²) in [5, 5.41) is 7.85. The van der Waals surface area contributed by atoms with E-state index in [2.05, 4.69) is 10.6 Å². The number of fused-ring (bicyclic) bond motifs is 2. The second kappa shape index (κ2) is 8.38. The highest BCUT2D eigenvalue weighted by Crippen LogP contribution is 2.30. The maximum Gasteiger partial charge on any atom is 0.251 e. The Balaban J connectivity index is 1.31. The van der Waals surface area contributed by atoms with E-state index in [0.29, 0.717) is 24.9 Å². The molecule has 3 fully saturated rings. The summed E-state index contributed by atoms with van der Waals surface area (Å²) in [7, 11) is 0. The van der Waals surface area contributed by atoms with Gasteiger partial charge in [0.1, 0.15) is 12.1 Å². The lowest BCUT2D eigenvalue weighted by Gasteiger charge is -2.29.